The monoisotopic (exact) mass is 234 g/mol. The van der Waals surface area contributed by atoms with Gasteiger partial charge in [0.25, 0.3) is 0 Å². The predicted molar refractivity (Wildman–Crippen MR) is 70.6 cm³/mol. The first-order chi connectivity index (χ1) is 7.79. The zero-order chi connectivity index (χ0) is 13.1. The highest BCUT2D eigenvalue weighted by molar-refractivity contribution is 5.82. The molecule has 1 atom stereocenters. The molecule has 0 fully saturated rings. The summed E-state index contributed by atoms with van der Waals surface area (Å²) in [7, 11) is 0. The van der Waals surface area contributed by atoms with Crippen LogP contribution in [0.4, 0.5) is 0 Å². The zero-order valence-corrected chi connectivity index (χ0v) is 11.1. The van der Waals surface area contributed by atoms with E-state index < -0.39 is 6.04 Å². The highest BCUT2D eigenvalue weighted by atomic mass is 16.2. The highest BCUT2D eigenvalue weighted by Crippen LogP contribution is 2.14. The molecule has 0 saturated heterocycles. The fourth-order valence-corrected chi connectivity index (χ4v) is 1.39. The van der Waals surface area contributed by atoms with Gasteiger partial charge in [0.2, 0.25) is 5.91 Å². The Bertz CT molecular complexity index is 376. The van der Waals surface area contributed by atoms with Crippen molar-refractivity contribution in [3.63, 3.8) is 0 Å². The van der Waals surface area contributed by atoms with E-state index in [4.69, 9.17) is 5.73 Å². The molecule has 1 unspecified atom stereocenters. The summed E-state index contributed by atoms with van der Waals surface area (Å²) in [6, 6.07) is 7.14. The zero-order valence-electron chi connectivity index (χ0n) is 11.1. The molecular formula is C14H22N2O. The fraction of sp³-hybridized carbons (Fsp3) is 0.500. The molecule has 1 rings (SSSR count). The van der Waals surface area contributed by atoms with Crippen LogP contribution in [0.1, 0.15) is 37.9 Å². The van der Waals surface area contributed by atoms with Crippen molar-refractivity contribution in [1.82, 2.24) is 5.32 Å². The maximum absolute atomic E-state index is 11.8. The van der Waals surface area contributed by atoms with Crippen LogP contribution in [0.15, 0.2) is 24.3 Å². The second kappa shape index (κ2) is 5.32. The standard InChI is InChI=1S/C14H22N2O/c1-10-5-7-11(8-6-10)12(15)13(17)16-9-14(2,3)4/h5-8,12H,9,15H2,1-4H3,(H,16,17). The van der Waals surface area contributed by atoms with E-state index in [0.29, 0.717) is 6.54 Å². The summed E-state index contributed by atoms with van der Waals surface area (Å²) in [5, 5.41) is 2.87. The summed E-state index contributed by atoms with van der Waals surface area (Å²) in [4.78, 5) is 11.8. The Kier molecular flexibility index (Phi) is 4.29. The lowest BCUT2D eigenvalue weighted by Gasteiger charge is -2.20. The van der Waals surface area contributed by atoms with Gasteiger partial charge >= 0.3 is 0 Å². The largest absolute Gasteiger partial charge is 0.354 e. The molecule has 1 aromatic carbocycles. The van der Waals surface area contributed by atoms with Gasteiger partial charge < -0.3 is 11.1 Å². The molecule has 0 aliphatic heterocycles. The SMILES string of the molecule is Cc1ccc(C(N)C(=O)NCC(C)(C)C)cc1. The Balaban J connectivity index is 2.61. The maximum atomic E-state index is 11.8. The molecule has 0 aliphatic carbocycles. The molecule has 0 radical (unpaired) electrons. The Morgan fingerprint density at radius 1 is 1.29 bits per heavy atom. The molecule has 3 nitrogen and oxygen atoms in total. The van der Waals surface area contributed by atoms with E-state index in [1.165, 1.54) is 0 Å². The minimum Gasteiger partial charge on any atom is -0.354 e. The lowest BCUT2D eigenvalue weighted by molar-refractivity contribution is -0.122. The van der Waals surface area contributed by atoms with Gasteiger partial charge in [-0.3, -0.25) is 4.79 Å². The van der Waals surface area contributed by atoms with E-state index in [9.17, 15) is 4.79 Å². The van der Waals surface area contributed by atoms with Crippen LogP contribution >= 0.6 is 0 Å². The van der Waals surface area contributed by atoms with Gasteiger partial charge in [-0.1, -0.05) is 50.6 Å². The number of benzene rings is 1. The molecule has 1 aromatic rings. The van der Waals surface area contributed by atoms with Crippen LogP contribution in [0.2, 0.25) is 0 Å². The van der Waals surface area contributed by atoms with Gasteiger partial charge in [-0.05, 0) is 17.9 Å². The highest BCUT2D eigenvalue weighted by Gasteiger charge is 2.18. The minimum atomic E-state index is -0.585. The number of carbonyl (C=O) groups is 1. The summed E-state index contributed by atoms with van der Waals surface area (Å²) >= 11 is 0. The molecule has 0 bridgehead atoms. The number of rotatable bonds is 3. The Hall–Kier alpha value is -1.35. The maximum Gasteiger partial charge on any atom is 0.241 e. The Labute approximate surface area is 103 Å². The van der Waals surface area contributed by atoms with Crippen LogP contribution < -0.4 is 11.1 Å². The average Bonchev–Trinajstić information content (AvgIpc) is 2.25. The van der Waals surface area contributed by atoms with Gasteiger partial charge in [0.1, 0.15) is 6.04 Å². The quantitative estimate of drug-likeness (QED) is 0.842. The second-order valence-corrected chi connectivity index (χ2v) is 5.67. The smallest absolute Gasteiger partial charge is 0.241 e. The number of nitrogens with one attached hydrogen (secondary N) is 1. The number of nitrogens with two attached hydrogens (primary N) is 1. The van der Waals surface area contributed by atoms with Gasteiger partial charge in [0, 0.05) is 6.54 Å². The number of amides is 1. The van der Waals surface area contributed by atoms with Crippen molar-refractivity contribution in [3.8, 4) is 0 Å². The van der Waals surface area contributed by atoms with E-state index in [2.05, 4.69) is 26.1 Å². The molecule has 0 aromatic heterocycles. The van der Waals surface area contributed by atoms with Crippen LogP contribution in [0.5, 0.6) is 0 Å². The first-order valence-electron chi connectivity index (χ1n) is 5.89. The third-order valence-electron chi connectivity index (χ3n) is 2.51. The summed E-state index contributed by atoms with van der Waals surface area (Å²) in [6.07, 6.45) is 0. The number of hydrogen-bond donors (Lipinski definition) is 2. The van der Waals surface area contributed by atoms with Crippen molar-refractivity contribution in [3.05, 3.63) is 35.4 Å². The average molecular weight is 234 g/mol. The molecule has 0 aliphatic rings. The van der Waals surface area contributed by atoms with Crippen LogP contribution in [0.25, 0.3) is 0 Å². The van der Waals surface area contributed by atoms with E-state index in [-0.39, 0.29) is 11.3 Å². The van der Waals surface area contributed by atoms with Crippen molar-refractivity contribution in [2.75, 3.05) is 6.54 Å². The van der Waals surface area contributed by atoms with Crippen LogP contribution in [-0.2, 0) is 4.79 Å². The molecule has 0 saturated carbocycles. The molecule has 17 heavy (non-hydrogen) atoms. The van der Waals surface area contributed by atoms with Gasteiger partial charge in [-0.15, -0.1) is 0 Å². The van der Waals surface area contributed by atoms with Crippen molar-refractivity contribution in [2.45, 2.75) is 33.7 Å². The lowest BCUT2D eigenvalue weighted by Crippen LogP contribution is -2.38. The van der Waals surface area contributed by atoms with Gasteiger partial charge in [0.05, 0.1) is 0 Å². The Morgan fingerprint density at radius 2 is 1.82 bits per heavy atom. The Morgan fingerprint density at radius 3 is 2.29 bits per heavy atom. The van der Waals surface area contributed by atoms with Crippen LogP contribution in [-0.4, -0.2) is 12.5 Å². The first kappa shape index (κ1) is 13.7. The molecule has 3 N–H and O–H groups in total. The predicted octanol–water partition coefficient (Wildman–Crippen LogP) is 2.16. The summed E-state index contributed by atoms with van der Waals surface area (Å²) in [6.45, 7) is 8.86. The van der Waals surface area contributed by atoms with E-state index in [1.807, 2.05) is 31.2 Å². The van der Waals surface area contributed by atoms with E-state index >= 15 is 0 Å². The van der Waals surface area contributed by atoms with Gasteiger partial charge in [-0.25, -0.2) is 0 Å². The minimum absolute atomic E-state index is 0.0721. The molecular weight excluding hydrogens is 212 g/mol. The van der Waals surface area contributed by atoms with Crippen molar-refractivity contribution >= 4 is 5.91 Å². The van der Waals surface area contributed by atoms with Crippen molar-refractivity contribution < 1.29 is 4.79 Å². The van der Waals surface area contributed by atoms with E-state index in [0.717, 1.165) is 11.1 Å². The third-order valence-corrected chi connectivity index (χ3v) is 2.51. The first-order valence-corrected chi connectivity index (χ1v) is 5.89. The molecule has 0 spiro atoms. The lowest BCUT2D eigenvalue weighted by atomic mass is 9.96. The topological polar surface area (TPSA) is 55.1 Å². The van der Waals surface area contributed by atoms with Crippen molar-refractivity contribution in [1.29, 1.82) is 0 Å². The van der Waals surface area contributed by atoms with Gasteiger partial charge in [0.15, 0.2) is 0 Å². The van der Waals surface area contributed by atoms with Crippen LogP contribution in [0.3, 0.4) is 0 Å². The normalized spacial score (nSPS) is 13.2. The van der Waals surface area contributed by atoms with Gasteiger partial charge in [-0.2, -0.15) is 0 Å². The molecule has 1 amide bonds. The van der Waals surface area contributed by atoms with Crippen LogP contribution in [0, 0.1) is 12.3 Å². The molecule has 0 heterocycles. The second-order valence-electron chi connectivity index (χ2n) is 5.67. The fourth-order valence-electron chi connectivity index (χ4n) is 1.39. The van der Waals surface area contributed by atoms with Crippen molar-refractivity contribution in [2.24, 2.45) is 11.1 Å². The molecule has 94 valence electrons. The third kappa shape index (κ3) is 4.57. The van der Waals surface area contributed by atoms with E-state index in [1.54, 1.807) is 0 Å². The number of carbonyl (C=O) groups excluding carboxylic acids is 1. The number of aryl methyl sites for hydroxylation is 1. The molecule has 3 heteroatoms. The number of hydrogen-bond acceptors (Lipinski definition) is 2. The summed E-state index contributed by atoms with van der Waals surface area (Å²) < 4.78 is 0. The summed E-state index contributed by atoms with van der Waals surface area (Å²) in [5.74, 6) is -0.122. The summed E-state index contributed by atoms with van der Waals surface area (Å²) in [5.41, 5.74) is 7.99.